The Labute approximate surface area is 139 Å². The van der Waals surface area contributed by atoms with Gasteiger partial charge in [-0.25, -0.2) is 0 Å². The van der Waals surface area contributed by atoms with Crippen molar-refractivity contribution in [2.45, 2.75) is 0 Å². The van der Waals surface area contributed by atoms with E-state index in [0.717, 1.165) is 0 Å². The summed E-state index contributed by atoms with van der Waals surface area (Å²) < 4.78 is 0. The Hall–Kier alpha value is 4.44. The van der Waals surface area contributed by atoms with Crippen LogP contribution in [0, 0.1) is 39.9 Å². The molecule has 6 radical (unpaired) electrons. The van der Waals surface area contributed by atoms with Crippen LogP contribution in [0.3, 0.4) is 0 Å². The van der Waals surface area contributed by atoms with Crippen LogP contribution in [0.25, 0.3) is 0 Å². The molecule has 0 saturated heterocycles. The maximum atomic E-state index is 0. The molecule has 0 spiro atoms. The van der Waals surface area contributed by atoms with E-state index in [0.29, 0.717) is 0 Å². The van der Waals surface area contributed by atoms with E-state index in [1.54, 1.807) is 0 Å². The summed E-state index contributed by atoms with van der Waals surface area (Å²) in [5.74, 6) is 0. The molecule has 74 valence electrons. The standard InChI is InChI=1S/6Cu.Gd. The molecular formula is Cu6Gd. The fraction of sp³-hybridized carbons (Fsp3) is 0. The van der Waals surface area contributed by atoms with Crippen molar-refractivity contribution in [3.05, 3.63) is 0 Å². The van der Waals surface area contributed by atoms with Crippen molar-refractivity contribution in [1.29, 1.82) is 0 Å². The zero-order valence-electron chi connectivity index (χ0n) is 2.16. The predicted octanol–water partition coefficient (Wildman–Crippen LogP) is -0.0150. The fourth-order valence-corrected chi connectivity index (χ4v) is 0. The first kappa shape index (κ1) is 63.2. The molecule has 0 rings (SSSR count). The van der Waals surface area contributed by atoms with Gasteiger partial charge >= 0.3 is 0 Å². The van der Waals surface area contributed by atoms with Crippen LogP contribution in [0.1, 0.15) is 0 Å². The monoisotopic (exact) mass is 536 g/mol. The van der Waals surface area contributed by atoms with Crippen LogP contribution >= 0.6 is 0 Å². The molecule has 0 heterocycles. The molecule has 0 unspecified atom stereocenters. The largest absolute Gasteiger partial charge is 0 e. The van der Waals surface area contributed by atoms with Gasteiger partial charge in [0.05, 0.1) is 0 Å². The molecule has 0 saturated carbocycles. The third-order valence-corrected chi connectivity index (χ3v) is 0. The topological polar surface area (TPSA) is 0 Å². The van der Waals surface area contributed by atoms with Crippen molar-refractivity contribution < 1.29 is 142 Å². The van der Waals surface area contributed by atoms with Crippen molar-refractivity contribution in [1.82, 2.24) is 0 Å². The molecule has 0 amide bonds. The van der Waals surface area contributed by atoms with Gasteiger partial charge in [-0.15, -0.1) is 0 Å². The first-order chi connectivity index (χ1) is 0. The van der Waals surface area contributed by atoms with E-state index in [2.05, 4.69) is 0 Å². The van der Waals surface area contributed by atoms with Crippen LogP contribution in [0.2, 0.25) is 0 Å². The molecule has 0 aliphatic rings. The van der Waals surface area contributed by atoms with E-state index < -0.39 is 0 Å². The molecule has 0 N–H and O–H groups in total. The smallest absolute Gasteiger partial charge is 0 e. The fourth-order valence-electron chi connectivity index (χ4n) is 0. The molecule has 0 fully saturated rings. The average molecular weight is 539 g/mol. The van der Waals surface area contributed by atoms with Crippen molar-refractivity contribution in [2.75, 3.05) is 0 Å². The van der Waals surface area contributed by atoms with E-state index in [4.69, 9.17) is 0 Å². The molecule has 0 aromatic heterocycles. The van der Waals surface area contributed by atoms with Gasteiger partial charge in [-0.2, -0.15) is 0 Å². The van der Waals surface area contributed by atoms with Crippen molar-refractivity contribution in [3.63, 3.8) is 0 Å². The van der Waals surface area contributed by atoms with E-state index in [9.17, 15) is 0 Å². The maximum absolute atomic E-state index is 0. The normalized spacial score (nSPS) is 0. The van der Waals surface area contributed by atoms with Crippen LogP contribution in [0.15, 0.2) is 0 Å². The van der Waals surface area contributed by atoms with E-state index in [1.165, 1.54) is 0 Å². The van der Waals surface area contributed by atoms with Crippen molar-refractivity contribution >= 4 is 0 Å². The second-order valence-corrected chi connectivity index (χ2v) is 0. The number of hydrogen-bond acceptors (Lipinski definition) is 0. The van der Waals surface area contributed by atoms with E-state index in [1.807, 2.05) is 0 Å². The Balaban J connectivity index is 0. The van der Waals surface area contributed by atoms with E-state index >= 15 is 0 Å². The number of hydrogen-bond donors (Lipinski definition) is 0. The van der Waals surface area contributed by atoms with Gasteiger partial charge in [0.15, 0.2) is 0 Å². The quantitative estimate of drug-likeness (QED) is 0.381. The Morgan fingerprint density at radius 3 is 0.286 bits per heavy atom. The molecule has 0 aromatic carbocycles. The van der Waals surface area contributed by atoms with Crippen LogP contribution in [0.5, 0.6) is 0 Å². The summed E-state index contributed by atoms with van der Waals surface area (Å²) in [7, 11) is 0. The third kappa shape index (κ3) is 37.7. The van der Waals surface area contributed by atoms with Gasteiger partial charge in [0.25, 0.3) is 0 Å². The van der Waals surface area contributed by atoms with Crippen LogP contribution in [-0.2, 0) is 102 Å². The van der Waals surface area contributed by atoms with Crippen molar-refractivity contribution in [2.24, 2.45) is 0 Å². The van der Waals surface area contributed by atoms with Gasteiger partial charge in [0, 0.05) is 142 Å². The second-order valence-electron chi connectivity index (χ2n) is 0. The van der Waals surface area contributed by atoms with Crippen LogP contribution < -0.4 is 0 Å². The van der Waals surface area contributed by atoms with Crippen LogP contribution in [0.4, 0.5) is 0 Å². The average Bonchev–Trinajstić information content (AvgIpc) is 0. The van der Waals surface area contributed by atoms with Gasteiger partial charge in [-0.3, -0.25) is 0 Å². The predicted molar refractivity (Wildman–Crippen MR) is 0 cm³/mol. The summed E-state index contributed by atoms with van der Waals surface area (Å²) in [6.45, 7) is 0. The summed E-state index contributed by atoms with van der Waals surface area (Å²) >= 11 is 0. The summed E-state index contributed by atoms with van der Waals surface area (Å²) in [4.78, 5) is 0. The third-order valence-electron chi connectivity index (χ3n) is 0. The maximum Gasteiger partial charge on any atom is 0 e. The van der Waals surface area contributed by atoms with Gasteiger partial charge < -0.3 is 0 Å². The second kappa shape index (κ2) is 47.2. The molecule has 7 heavy (non-hydrogen) atoms. The molecule has 0 aromatic rings. The Morgan fingerprint density at radius 1 is 0.286 bits per heavy atom. The van der Waals surface area contributed by atoms with Crippen molar-refractivity contribution in [3.8, 4) is 0 Å². The summed E-state index contributed by atoms with van der Waals surface area (Å²) in [6.07, 6.45) is 0. The minimum Gasteiger partial charge on any atom is 0 e. The molecule has 0 nitrogen and oxygen atoms in total. The van der Waals surface area contributed by atoms with Gasteiger partial charge in [-0.05, 0) is 0 Å². The summed E-state index contributed by atoms with van der Waals surface area (Å²) in [5.41, 5.74) is 0. The summed E-state index contributed by atoms with van der Waals surface area (Å²) in [6, 6.07) is 0. The minimum atomic E-state index is 0. The SMILES string of the molecule is [Cu].[Cu].[Cu].[Cu].[Cu].[Cu].[Gd]. The summed E-state index contributed by atoms with van der Waals surface area (Å²) in [5, 5.41) is 0. The first-order valence-corrected chi connectivity index (χ1v) is 0. The molecular weight excluding hydrogens is 539 g/mol. The van der Waals surface area contributed by atoms with Crippen LogP contribution in [-0.4, -0.2) is 0 Å². The van der Waals surface area contributed by atoms with Gasteiger partial charge in [0.1, 0.15) is 0 Å². The van der Waals surface area contributed by atoms with Gasteiger partial charge in [-0.1, -0.05) is 0 Å². The molecule has 0 bridgehead atoms. The van der Waals surface area contributed by atoms with E-state index in [-0.39, 0.29) is 142 Å². The first-order valence-electron chi connectivity index (χ1n) is 0. The Bertz CT molecular complexity index is 4.14. The molecule has 0 atom stereocenters. The molecule has 7 heteroatoms. The Morgan fingerprint density at radius 2 is 0.286 bits per heavy atom. The Kier molecular flexibility index (Phi) is 426. The minimum absolute atomic E-state index is 0. The zero-order valence-corrected chi connectivity index (χ0v) is 10.1. The molecule has 0 aliphatic heterocycles. The molecule has 0 aliphatic carbocycles. The number of rotatable bonds is 0. The zero-order chi connectivity index (χ0) is 0. The van der Waals surface area contributed by atoms with Gasteiger partial charge in [0.2, 0.25) is 0 Å².